The van der Waals surface area contributed by atoms with E-state index in [1.165, 1.54) is 0 Å². The average Bonchev–Trinajstić information content (AvgIpc) is 2.71. The monoisotopic (exact) mass is 478 g/mol. The molecule has 5 heteroatoms. The first-order valence-corrected chi connectivity index (χ1v) is 8.91. The van der Waals surface area contributed by atoms with Gasteiger partial charge in [-0.2, -0.15) is 0 Å². The number of nitrogens with zero attached hydrogens (tertiary/aromatic N) is 2. The summed E-state index contributed by atoms with van der Waals surface area (Å²) in [6.45, 7) is 0. The van der Waals surface area contributed by atoms with Crippen LogP contribution < -0.4 is 0 Å². The molecule has 0 fully saturated rings. The Hall–Kier alpha value is -2.06. The maximum absolute atomic E-state index is 6.57. The van der Waals surface area contributed by atoms with Gasteiger partial charge >= 0.3 is 19.5 Å². The quantitative estimate of drug-likeness (QED) is 0.304. The number of hydrogen-bond acceptors (Lipinski definition) is 2. The molecule has 0 atom stereocenters. The average molecular weight is 478 g/mol. The van der Waals surface area contributed by atoms with Crippen LogP contribution >= 0.6 is 23.2 Å². The van der Waals surface area contributed by atoms with Crippen molar-refractivity contribution in [3.05, 3.63) is 95.2 Å². The molecule has 0 aliphatic rings. The van der Waals surface area contributed by atoms with Gasteiger partial charge in [-0.15, -0.1) is 0 Å². The van der Waals surface area contributed by atoms with Crippen LogP contribution in [0.1, 0.15) is 0 Å². The summed E-state index contributed by atoms with van der Waals surface area (Å²) in [6.07, 6.45) is 3.56. The van der Waals surface area contributed by atoms with Gasteiger partial charge in [0.1, 0.15) is 0 Å². The fourth-order valence-corrected chi connectivity index (χ4v) is 3.38. The largest absolute Gasteiger partial charge is 2.00 e. The molecule has 0 bridgehead atoms. The second-order valence-corrected chi connectivity index (χ2v) is 6.55. The molecule has 0 radical (unpaired) electrons. The summed E-state index contributed by atoms with van der Waals surface area (Å²) in [5.41, 5.74) is 5.44. The maximum atomic E-state index is 6.57. The molecule has 0 spiro atoms. The smallest absolute Gasteiger partial charge is 0.255 e. The van der Waals surface area contributed by atoms with Crippen molar-refractivity contribution in [1.82, 2.24) is 9.97 Å². The molecule has 0 unspecified atom stereocenters. The molecule has 0 amide bonds. The Morgan fingerprint density at radius 3 is 2.15 bits per heavy atom. The predicted molar refractivity (Wildman–Crippen MR) is 108 cm³/mol. The molecule has 4 rings (SSSR count). The number of pyridine rings is 2. The van der Waals surface area contributed by atoms with Crippen molar-refractivity contribution in [1.29, 1.82) is 0 Å². The van der Waals surface area contributed by atoms with Gasteiger partial charge in [0.05, 0.1) is 21.4 Å². The Morgan fingerprint density at radius 2 is 1.41 bits per heavy atom. The Bertz CT molecular complexity index is 997. The molecule has 2 heterocycles. The van der Waals surface area contributed by atoms with Crippen molar-refractivity contribution < 1.29 is 19.5 Å². The van der Waals surface area contributed by atoms with Crippen LogP contribution in [0.25, 0.3) is 33.6 Å². The third-order valence-electron chi connectivity index (χ3n) is 4.16. The van der Waals surface area contributed by atoms with Crippen molar-refractivity contribution in [2.45, 2.75) is 0 Å². The minimum absolute atomic E-state index is 0. The van der Waals surface area contributed by atoms with Crippen LogP contribution in [0.4, 0.5) is 0 Å². The number of aromatic nitrogens is 2. The molecule has 132 valence electrons. The fourth-order valence-electron chi connectivity index (χ4n) is 2.99. The van der Waals surface area contributed by atoms with Gasteiger partial charge in [0.2, 0.25) is 0 Å². The van der Waals surface area contributed by atoms with E-state index in [9.17, 15) is 0 Å². The molecular weight excluding hydrogens is 464 g/mol. The van der Waals surface area contributed by atoms with Crippen molar-refractivity contribution >= 4 is 23.2 Å². The Morgan fingerprint density at radius 1 is 0.630 bits per heavy atom. The van der Waals surface area contributed by atoms with E-state index in [0.717, 1.165) is 33.6 Å². The molecule has 27 heavy (non-hydrogen) atoms. The molecule has 2 nitrogen and oxygen atoms in total. The van der Waals surface area contributed by atoms with E-state index in [0.29, 0.717) is 10.0 Å². The van der Waals surface area contributed by atoms with Gasteiger partial charge in [-0.25, -0.2) is 0 Å². The molecular formula is C22H14Cl2N2Ru+2. The topological polar surface area (TPSA) is 25.8 Å². The van der Waals surface area contributed by atoms with Crippen molar-refractivity contribution in [3.8, 4) is 33.6 Å². The molecule has 2 aromatic carbocycles. The van der Waals surface area contributed by atoms with E-state index in [4.69, 9.17) is 23.2 Å². The van der Waals surface area contributed by atoms with Gasteiger partial charge in [0.15, 0.2) is 0 Å². The predicted octanol–water partition coefficient (Wildman–Crippen LogP) is 6.78. The van der Waals surface area contributed by atoms with E-state index < -0.39 is 0 Å². The standard InChI is InChI=1S/C22H14Cl2N2.Ru/c23-18-10-6-9-17(21(18)24)20-16(15-7-2-1-3-8-15)12-14-26-22(20)19-11-4-5-13-25-19;/h1-14H;/q;+2. The SMILES string of the molecule is Clc1cccc(-c2c(-c3ccccc3)ccnc2-c2ccccn2)c1Cl.[Ru+2]. The van der Waals surface area contributed by atoms with Gasteiger partial charge in [-0.3, -0.25) is 9.97 Å². The molecule has 0 N–H and O–H groups in total. The minimum Gasteiger partial charge on any atom is -0.255 e. The van der Waals surface area contributed by atoms with E-state index in [-0.39, 0.29) is 19.5 Å². The van der Waals surface area contributed by atoms with Crippen LogP contribution in [0.5, 0.6) is 0 Å². The normalized spacial score (nSPS) is 10.3. The molecule has 4 aromatic rings. The van der Waals surface area contributed by atoms with Crippen LogP contribution in [0.15, 0.2) is 85.2 Å². The second-order valence-electron chi connectivity index (χ2n) is 5.76. The van der Waals surface area contributed by atoms with Crippen LogP contribution in [0.2, 0.25) is 10.0 Å². The zero-order valence-electron chi connectivity index (χ0n) is 14.1. The number of benzene rings is 2. The van der Waals surface area contributed by atoms with Crippen LogP contribution in [0, 0.1) is 0 Å². The molecule has 0 saturated heterocycles. The third kappa shape index (κ3) is 3.96. The Kier molecular flexibility index (Phi) is 6.39. The van der Waals surface area contributed by atoms with E-state index >= 15 is 0 Å². The third-order valence-corrected chi connectivity index (χ3v) is 4.98. The van der Waals surface area contributed by atoms with Gasteiger partial charge in [-0.1, -0.05) is 71.7 Å². The second kappa shape index (κ2) is 8.75. The zero-order valence-corrected chi connectivity index (χ0v) is 17.3. The summed E-state index contributed by atoms with van der Waals surface area (Å²) >= 11 is 12.9. The Labute approximate surface area is 181 Å². The first-order chi connectivity index (χ1) is 12.8. The summed E-state index contributed by atoms with van der Waals surface area (Å²) < 4.78 is 0. The van der Waals surface area contributed by atoms with Crippen molar-refractivity contribution in [2.24, 2.45) is 0 Å². The molecule has 0 aliphatic carbocycles. The zero-order chi connectivity index (χ0) is 17.9. The number of hydrogen-bond donors (Lipinski definition) is 0. The van der Waals surface area contributed by atoms with Crippen molar-refractivity contribution in [3.63, 3.8) is 0 Å². The van der Waals surface area contributed by atoms with Crippen molar-refractivity contribution in [2.75, 3.05) is 0 Å². The number of halogens is 2. The van der Waals surface area contributed by atoms with Gasteiger partial charge < -0.3 is 0 Å². The van der Waals surface area contributed by atoms with E-state index in [2.05, 4.69) is 22.1 Å². The van der Waals surface area contributed by atoms with E-state index in [1.807, 2.05) is 54.6 Å². The summed E-state index contributed by atoms with van der Waals surface area (Å²) in [5, 5.41) is 1.02. The first-order valence-electron chi connectivity index (χ1n) is 8.16. The van der Waals surface area contributed by atoms with Crippen LogP contribution in [0.3, 0.4) is 0 Å². The van der Waals surface area contributed by atoms with Gasteiger partial charge in [-0.05, 0) is 35.4 Å². The Balaban J connectivity index is 0.00000210. The van der Waals surface area contributed by atoms with Gasteiger partial charge in [0, 0.05) is 23.5 Å². The minimum atomic E-state index is 0. The summed E-state index contributed by atoms with van der Waals surface area (Å²) in [4.78, 5) is 9.10. The number of rotatable bonds is 3. The maximum Gasteiger partial charge on any atom is 2.00 e. The first kappa shape index (κ1) is 19.7. The summed E-state index contributed by atoms with van der Waals surface area (Å²) in [6, 6.07) is 23.6. The van der Waals surface area contributed by atoms with Crippen LogP contribution in [-0.2, 0) is 19.5 Å². The van der Waals surface area contributed by atoms with E-state index in [1.54, 1.807) is 18.5 Å². The molecule has 0 saturated carbocycles. The molecule has 0 aliphatic heterocycles. The molecule has 2 aromatic heterocycles. The van der Waals surface area contributed by atoms with Crippen LogP contribution in [-0.4, -0.2) is 9.97 Å². The summed E-state index contributed by atoms with van der Waals surface area (Å²) in [7, 11) is 0. The fraction of sp³-hybridized carbons (Fsp3) is 0. The summed E-state index contributed by atoms with van der Waals surface area (Å²) in [5.74, 6) is 0. The van der Waals surface area contributed by atoms with Gasteiger partial charge in [0.25, 0.3) is 0 Å².